The zero-order valence-corrected chi connectivity index (χ0v) is 16.6. The number of fused-ring (bicyclic) bond motifs is 1. The van der Waals surface area contributed by atoms with E-state index in [0.717, 1.165) is 11.6 Å². The van der Waals surface area contributed by atoms with E-state index >= 15 is 0 Å². The predicted octanol–water partition coefficient (Wildman–Crippen LogP) is 4.14. The van der Waals surface area contributed by atoms with Crippen molar-refractivity contribution in [1.82, 2.24) is 4.98 Å². The van der Waals surface area contributed by atoms with Gasteiger partial charge in [-0.2, -0.15) is 0 Å². The molecule has 0 unspecified atom stereocenters. The van der Waals surface area contributed by atoms with Crippen molar-refractivity contribution in [2.24, 2.45) is 0 Å². The topological polar surface area (TPSA) is 77.9 Å². The van der Waals surface area contributed by atoms with Crippen LogP contribution in [0.3, 0.4) is 0 Å². The number of carboxylic acid groups (broad SMARTS) is 1. The molecule has 1 aliphatic carbocycles. The lowest BCUT2D eigenvalue weighted by molar-refractivity contribution is -0.137. The van der Waals surface area contributed by atoms with Crippen molar-refractivity contribution in [1.29, 1.82) is 0 Å². The lowest BCUT2D eigenvalue weighted by atomic mass is 9.92. The van der Waals surface area contributed by atoms with Crippen LogP contribution in [0.4, 0.5) is 8.78 Å². The van der Waals surface area contributed by atoms with Crippen molar-refractivity contribution in [2.75, 3.05) is 7.11 Å². The van der Waals surface area contributed by atoms with Gasteiger partial charge in [0.15, 0.2) is 11.6 Å². The Bertz CT molecular complexity index is 945. The number of carboxylic acids is 1. The summed E-state index contributed by atoms with van der Waals surface area (Å²) in [7, 11) is 1.63. The maximum atomic E-state index is 14.5. The molecule has 6 nitrogen and oxygen atoms in total. The third-order valence-corrected chi connectivity index (χ3v) is 5.61. The fourth-order valence-electron chi connectivity index (χ4n) is 3.78. The van der Waals surface area contributed by atoms with Crippen LogP contribution < -0.4 is 9.47 Å². The number of carbonyl (C=O) groups is 1. The second kappa shape index (κ2) is 8.55. The first-order valence-corrected chi connectivity index (χ1v) is 10.00. The van der Waals surface area contributed by atoms with Crippen LogP contribution in [0.15, 0.2) is 24.3 Å². The van der Waals surface area contributed by atoms with Crippen molar-refractivity contribution in [3.8, 4) is 22.9 Å². The Labute approximate surface area is 172 Å². The average Bonchev–Trinajstić information content (AvgIpc) is 2.70. The molecule has 1 saturated carbocycles. The fraction of sp³-hybridized carbons (Fsp3) is 0.455. The summed E-state index contributed by atoms with van der Waals surface area (Å²) in [6.07, 6.45) is 3.01. The van der Waals surface area contributed by atoms with Gasteiger partial charge in [-0.3, -0.25) is 4.79 Å². The Morgan fingerprint density at radius 2 is 2.07 bits per heavy atom. The van der Waals surface area contributed by atoms with Crippen LogP contribution in [0, 0.1) is 11.6 Å². The monoisotopic (exact) mass is 419 g/mol. The molecule has 0 bridgehead atoms. The number of benzene rings is 1. The zero-order valence-electron chi connectivity index (χ0n) is 16.6. The number of methoxy groups -OCH3 is 1. The van der Waals surface area contributed by atoms with Gasteiger partial charge in [-0.05, 0) is 43.0 Å². The molecule has 2 aromatic rings. The third-order valence-electron chi connectivity index (χ3n) is 5.61. The average molecular weight is 419 g/mol. The molecule has 1 N–H and O–H groups in total. The molecule has 30 heavy (non-hydrogen) atoms. The van der Waals surface area contributed by atoms with Gasteiger partial charge < -0.3 is 19.3 Å². The quantitative estimate of drug-likeness (QED) is 0.727. The van der Waals surface area contributed by atoms with Crippen molar-refractivity contribution in [2.45, 2.75) is 56.8 Å². The minimum absolute atomic E-state index is 0.0470. The second-order valence-electron chi connectivity index (χ2n) is 7.71. The van der Waals surface area contributed by atoms with Crippen molar-refractivity contribution < 1.29 is 32.9 Å². The first-order chi connectivity index (χ1) is 14.4. The van der Waals surface area contributed by atoms with Crippen LogP contribution in [0.2, 0.25) is 0 Å². The highest BCUT2D eigenvalue weighted by Crippen LogP contribution is 2.35. The van der Waals surface area contributed by atoms with Gasteiger partial charge in [0.25, 0.3) is 0 Å². The number of hydrogen-bond donors (Lipinski definition) is 1. The number of rotatable bonds is 7. The summed E-state index contributed by atoms with van der Waals surface area (Å²) >= 11 is 0. The summed E-state index contributed by atoms with van der Waals surface area (Å²) in [6, 6.07) is 6.02. The van der Waals surface area contributed by atoms with E-state index in [0.29, 0.717) is 43.4 Å². The van der Waals surface area contributed by atoms with Gasteiger partial charge in [0.05, 0.1) is 12.2 Å². The minimum atomic E-state index is -1.03. The molecule has 8 heteroatoms. The van der Waals surface area contributed by atoms with Gasteiger partial charge in [0.1, 0.15) is 17.5 Å². The maximum Gasteiger partial charge on any atom is 0.303 e. The van der Waals surface area contributed by atoms with E-state index in [2.05, 4.69) is 4.98 Å². The van der Waals surface area contributed by atoms with Crippen LogP contribution >= 0.6 is 0 Å². The molecule has 2 aliphatic rings. The van der Waals surface area contributed by atoms with Gasteiger partial charge in [0.2, 0.25) is 5.88 Å². The van der Waals surface area contributed by atoms with Gasteiger partial charge in [-0.1, -0.05) is 0 Å². The Kier molecular flexibility index (Phi) is 5.85. The summed E-state index contributed by atoms with van der Waals surface area (Å²) in [4.78, 5) is 15.0. The maximum absolute atomic E-state index is 14.5. The van der Waals surface area contributed by atoms with Gasteiger partial charge in [-0.25, -0.2) is 13.8 Å². The number of halogens is 2. The van der Waals surface area contributed by atoms with Crippen LogP contribution in [-0.2, 0) is 16.0 Å². The summed E-state index contributed by atoms with van der Waals surface area (Å²) in [5.74, 6) is -2.22. The molecule has 2 heterocycles. The van der Waals surface area contributed by atoms with Crippen LogP contribution in [0.25, 0.3) is 11.3 Å². The minimum Gasteiger partial charge on any atom is -0.490 e. The number of aliphatic carboxylic acids is 1. The van der Waals surface area contributed by atoms with Gasteiger partial charge >= 0.3 is 5.97 Å². The number of pyridine rings is 1. The van der Waals surface area contributed by atoms with E-state index in [-0.39, 0.29) is 36.3 Å². The number of nitrogens with zero attached hydrogens (tertiary/aromatic N) is 1. The Morgan fingerprint density at radius 3 is 2.80 bits per heavy atom. The van der Waals surface area contributed by atoms with E-state index < -0.39 is 17.6 Å². The molecule has 1 fully saturated rings. The summed E-state index contributed by atoms with van der Waals surface area (Å²) in [5, 5.41) is 8.83. The van der Waals surface area contributed by atoms with E-state index in [4.69, 9.17) is 19.3 Å². The lowest BCUT2D eigenvalue weighted by Crippen LogP contribution is -2.39. The molecule has 1 aromatic heterocycles. The Balaban J connectivity index is 1.52. The molecule has 0 radical (unpaired) electrons. The molecule has 1 aliphatic heterocycles. The summed E-state index contributed by atoms with van der Waals surface area (Å²) in [6.45, 7) is 0. The van der Waals surface area contributed by atoms with Gasteiger partial charge in [0, 0.05) is 38.0 Å². The molecule has 1 aromatic carbocycles. The highest BCUT2D eigenvalue weighted by Gasteiger charge is 2.31. The number of hydrogen-bond acceptors (Lipinski definition) is 5. The standard InChI is InChI=1S/C22H23F2NO5/c1-28-15-9-16(10-15)30-19-11-17(23)21(24)22(25-19)13-3-6-18-12(8-13)2-4-14(29-18)5-7-20(26)27/h3,6,8,11,14-16H,2,4-5,7,9-10H2,1H3,(H,26,27)/t14-,15?,16?/m1/s1. The van der Waals surface area contributed by atoms with Crippen LogP contribution in [0.1, 0.15) is 37.7 Å². The zero-order chi connectivity index (χ0) is 21.3. The second-order valence-corrected chi connectivity index (χ2v) is 7.71. The third kappa shape index (κ3) is 4.38. The van der Waals surface area contributed by atoms with Crippen LogP contribution in [0.5, 0.6) is 11.6 Å². The van der Waals surface area contributed by atoms with E-state index in [1.54, 1.807) is 25.3 Å². The number of ether oxygens (including phenoxy) is 3. The summed E-state index contributed by atoms with van der Waals surface area (Å²) in [5.41, 5.74) is 1.18. The van der Waals surface area contributed by atoms with Crippen LogP contribution in [-0.4, -0.2) is 41.5 Å². The van der Waals surface area contributed by atoms with E-state index in [1.807, 2.05) is 0 Å². The Hall–Kier alpha value is -2.74. The molecule has 0 amide bonds. The molecular weight excluding hydrogens is 396 g/mol. The van der Waals surface area contributed by atoms with E-state index in [9.17, 15) is 13.6 Å². The Morgan fingerprint density at radius 1 is 1.27 bits per heavy atom. The molecule has 0 spiro atoms. The highest BCUT2D eigenvalue weighted by molar-refractivity contribution is 5.66. The van der Waals surface area contributed by atoms with Gasteiger partial charge in [-0.15, -0.1) is 0 Å². The van der Waals surface area contributed by atoms with Crippen molar-refractivity contribution in [3.63, 3.8) is 0 Å². The normalized spacial score (nSPS) is 22.6. The first-order valence-electron chi connectivity index (χ1n) is 10.00. The molecule has 1 atom stereocenters. The smallest absolute Gasteiger partial charge is 0.303 e. The van der Waals surface area contributed by atoms with Crippen molar-refractivity contribution >= 4 is 5.97 Å². The fourth-order valence-corrected chi connectivity index (χ4v) is 3.78. The molecule has 4 rings (SSSR count). The summed E-state index contributed by atoms with van der Waals surface area (Å²) < 4.78 is 45.4. The first kappa shape index (κ1) is 20.5. The number of aromatic nitrogens is 1. The van der Waals surface area contributed by atoms with Crippen molar-refractivity contribution in [3.05, 3.63) is 41.5 Å². The molecular formula is C22H23F2NO5. The number of aryl methyl sites for hydroxylation is 1. The largest absolute Gasteiger partial charge is 0.490 e. The molecule has 160 valence electrons. The molecule has 0 saturated heterocycles. The highest BCUT2D eigenvalue weighted by atomic mass is 19.2. The lowest BCUT2D eigenvalue weighted by Gasteiger charge is -2.33. The predicted molar refractivity (Wildman–Crippen MR) is 104 cm³/mol. The van der Waals surface area contributed by atoms with E-state index in [1.165, 1.54) is 0 Å². The SMILES string of the molecule is COC1CC(Oc2cc(F)c(F)c(-c3ccc4c(c3)CC[C@H](CCC(=O)O)O4)n2)C1.